The average molecular weight is 488 g/mol. The Morgan fingerprint density at radius 1 is 1.27 bits per heavy atom. The minimum Gasteiger partial charge on any atom is -0.494 e. The zero-order valence-corrected chi connectivity index (χ0v) is 20.8. The molecule has 33 heavy (non-hydrogen) atoms. The molecule has 1 atom stereocenters. The second-order valence-electron chi connectivity index (χ2n) is 7.94. The third-order valence-corrected chi connectivity index (χ3v) is 7.92. The van der Waals surface area contributed by atoms with E-state index in [1.165, 1.54) is 22.2 Å². The fourth-order valence-electron chi connectivity index (χ4n) is 3.95. The van der Waals surface area contributed by atoms with Crippen molar-refractivity contribution in [2.45, 2.75) is 56.5 Å². The van der Waals surface area contributed by atoms with Crippen LogP contribution >= 0.6 is 23.1 Å². The molecule has 2 heterocycles. The number of hydrogen-bond donors (Lipinski definition) is 1. The number of hydrogen-bond acceptors (Lipinski definition) is 7. The number of fused-ring (bicyclic) bond motifs is 3. The minimum absolute atomic E-state index is 0.0296. The van der Waals surface area contributed by atoms with Crippen LogP contribution in [0.4, 0.5) is 5.69 Å². The molecule has 1 unspecified atom stereocenters. The van der Waals surface area contributed by atoms with E-state index in [0.29, 0.717) is 30.6 Å². The highest BCUT2D eigenvalue weighted by Gasteiger charge is 2.24. The first-order valence-corrected chi connectivity index (χ1v) is 13.0. The topological polar surface area (TPSA) is 82.5 Å². The first-order valence-electron chi connectivity index (χ1n) is 11.3. The first kappa shape index (κ1) is 23.8. The molecule has 0 aliphatic heterocycles. The van der Waals surface area contributed by atoms with Gasteiger partial charge in [-0.3, -0.25) is 14.2 Å². The molecule has 4 rings (SSSR count). The Bertz CT molecular complexity index is 1190. The van der Waals surface area contributed by atoms with Gasteiger partial charge in [-0.25, -0.2) is 4.98 Å². The second kappa shape index (κ2) is 10.7. The maximum Gasteiger partial charge on any atom is 0.263 e. The van der Waals surface area contributed by atoms with Crippen LogP contribution in [0.2, 0.25) is 0 Å². The molecule has 1 aromatic carbocycles. The SMILES string of the molecule is CCOc1ccc(NC(=O)C(C)Sc2nc3sc4c(c3c(=O)n2CCOC)CCCC4)cc1. The highest BCUT2D eigenvalue weighted by Crippen LogP contribution is 2.35. The van der Waals surface area contributed by atoms with Gasteiger partial charge in [-0.2, -0.15) is 0 Å². The molecule has 0 saturated heterocycles. The van der Waals surface area contributed by atoms with Crippen LogP contribution in [0.5, 0.6) is 5.75 Å². The van der Waals surface area contributed by atoms with Gasteiger partial charge in [-0.05, 0) is 69.4 Å². The van der Waals surface area contributed by atoms with E-state index in [1.807, 2.05) is 38.1 Å². The van der Waals surface area contributed by atoms with Crippen LogP contribution in [0.25, 0.3) is 10.2 Å². The van der Waals surface area contributed by atoms with Crippen molar-refractivity contribution in [1.82, 2.24) is 9.55 Å². The molecule has 1 aliphatic carbocycles. The summed E-state index contributed by atoms with van der Waals surface area (Å²) >= 11 is 2.92. The lowest BCUT2D eigenvalue weighted by atomic mass is 9.97. The van der Waals surface area contributed by atoms with Gasteiger partial charge in [0.05, 0.1) is 30.4 Å². The van der Waals surface area contributed by atoms with Gasteiger partial charge in [0.1, 0.15) is 10.6 Å². The summed E-state index contributed by atoms with van der Waals surface area (Å²) in [5.41, 5.74) is 1.84. The molecule has 2 aromatic heterocycles. The van der Waals surface area contributed by atoms with E-state index in [4.69, 9.17) is 14.5 Å². The number of thiophene rings is 1. The number of methoxy groups -OCH3 is 1. The zero-order valence-electron chi connectivity index (χ0n) is 19.2. The number of ether oxygens (including phenoxy) is 2. The van der Waals surface area contributed by atoms with Gasteiger partial charge < -0.3 is 14.8 Å². The van der Waals surface area contributed by atoms with E-state index < -0.39 is 5.25 Å². The molecular weight excluding hydrogens is 458 g/mol. The van der Waals surface area contributed by atoms with Crippen molar-refractivity contribution in [3.8, 4) is 5.75 Å². The quantitative estimate of drug-likeness (QED) is 0.353. The number of nitrogens with zero attached hydrogens (tertiary/aromatic N) is 2. The lowest BCUT2D eigenvalue weighted by Crippen LogP contribution is -2.28. The van der Waals surface area contributed by atoms with Crippen molar-refractivity contribution < 1.29 is 14.3 Å². The summed E-state index contributed by atoms with van der Waals surface area (Å²) in [6.07, 6.45) is 4.21. The predicted molar refractivity (Wildman–Crippen MR) is 134 cm³/mol. The molecule has 176 valence electrons. The van der Waals surface area contributed by atoms with Gasteiger partial charge in [0.2, 0.25) is 5.91 Å². The lowest BCUT2D eigenvalue weighted by molar-refractivity contribution is -0.115. The van der Waals surface area contributed by atoms with E-state index in [2.05, 4.69) is 5.32 Å². The van der Waals surface area contributed by atoms with Gasteiger partial charge >= 0.3 is 0 Å². The fourth-order valence-corrected chi connectivity index (χ4v) is 6.18. The van der Waals surface area contributed by atoms with Gasteiger partial charge in [0, 0.05) is 17.7 Å². The molecule has 0 bridgehead atoms. The van der Waals surface area contributed by atoms with Crippen LogP contribution in [0.3, 0.4) is 0 Å². The summed E-state index contributed by atoms with van der Waals surface area (Å²) in [5.74, 6) is 0.610. The monoisotopic (exact) mass is 487 g/mol. The Balaban J connectivity index is 1.58. The maximum absolute atomic E-state index is 13.5. The number of rotatable bonds is 9. The van der Waals surface area contributed by atoms with Gasteiger partial charge in [-0.15, -0.1) is 11.3 Å². The zero-order chi connectivity index (χ0) is 23.4. The molecule has 0 fully saturated rings. The van der Waals surface area contributed by atoms with Crippen LogP contribution in [0.15, 0.2) is 34.2 Å². The molecule has 9 heteroatoms. The van der Waals surface area contributed by atoms with Crippen LogP contribution < -0.4 is 15.6 Å². The summed E-state index contributed by atoms with van der Waals surface area (Å²) in [5, 5.41) is 3.80. The maximum atomic E-state index is 13.5. The Morgan fingerprint density at radius 3 is 2.76 bits per heavy atom. The number of aryl methyl sites for hydroxylation is 2. The van der Waals surface area contributed by atoms with E-state index in [1.54, 1.807) is 23.0 Å². The predicted octanol–water partition coefficient (Wildman–Crippen LogP) is 4.50. The first-order chi connectivity index (χ1) is 16.0. The van der Waals surface area contributed by atoms with Crippen molar-refractivity contribution in [2.24, 2.45) is 0 Å². The van der Waals surface area contributed by atoms with Crippen molar-refractivity contribution in [3.63, 3.8) is 0 Å². The second-order valence-corrected chi connectivity index (χ2v) is 10.3. The highest BCUT2D eigenvalue weighted by molar-refractivity contribution is 8.00. The number of carbonyl (C=O) groups excluding carboxylic acids is 1. The number of benzene rings is 1. The summed E-state index contributed by atoms with van der Waals surface area (Å²) < 4.78 is 12.3. The van der Waals surface area contributed by atoms with Gasteiger partial charge in [0.25, 0.3) is 5.56 Å². The van der Waals surface area contributed by atoms with Crippen LogP contribution in [-0.4, -0.2) is 41.0 Å². The summed E-state index contributed by atoms with van der Waals surface area (Å²) in [6.45, 7) is 5.15. The number of carbonyl (C=O) groups is 1. The molecule has 0 radical (unpaired) electrons. The van der Waals surface area contributed by atoms with Crippen LogP contribution in [-0.2, 0) is 28.9 Å². The molecule has 0 spiro atoms. The minimum atomic E-state index is -0.440. The summed E-state index contributed by atoms with van der Waals surface area (Å²) in [6, 6.07) is 7.28. The molecular formula is C24H29N3O4S2. The van der Waals surface area contributed by atoms with E-state index in [0.717, 1.165) is 41.6 Å². The van der Waals surface area contributed by atoms with Crippen LogP contribution in [0.1, 0.15) is 37.1 Å². The number of nitrogens with one attached hydrogen (secondary N) is 1. The van der Waals surface area contributed by atoms with Crippen molar-refractivity contribution in [1.29, 1.82) is 0 Å². The van der Waals surface area contributed by atoms with Crippen LogP contribution in [0, 0.1) is 0 Å². The van der Waals surface area contributed by atoms with E-state index in [-0.39, 0.29) is 11.5 Å². The van der Waals surface area contributed by atoms with E-state index >= 15 is 0 Å². The average Bonchev–Trinajstić information content (AvgIpc) is 3.18. The van der Waals surface area contributed by atoms with Crippen molar-refractivity contribution >= 4 is 44.9 Å². The highest BCUT2D eigenvalue weighted by atomic mass is 32.2. The fraction of sp³-hybridized carbons (Fsp3) is 0.458. The number of aromatic nitrogens is 2. The molecule has 0 saturated carbocycles. The normalized spacial score (nSPS) is 14.2. The van der Waals surface area contributed by atoms with E-state index in [9.17, 15) is 9.59 Å². The number of anilines is 1. The smallest absolute Gasteiger partial charge is 0.263 e. The molecule has 3 aromatic rings. The number of thioether (sulfide) groups is 1. The molecule has 7 nitrogen and oxygen atoms in total. The third-order valence-electron chi connectivity index (χ3n) is 5.64. The number of amides is 1. The Morgan fingerprint density at radius 2 is 2.03 bits per heavy atom. The molecule has 1 aliphatic rings. The molecule has 1 N–H and O–H groups in total. The summed E-state index contributed by atoms with van der Waals surface area (Å²) in [7, 11) is 1.61. The van der Waals surface area contributed by atoms with Crippen molar-refractivity contribution in [2.75, 3.05) is 25.6 Å². The summed E-state index contributed by atoms with van der Waals surface area (Å²) in [4.78, 5) is 33.2. The van der Waals surface area contributed by atoms with Crippen molar-refractivity contribution in [3.05, 3.63) is 45.1 Å². The van der Waals surface area contributed by atoms with Gasteiger partial charge in [0.15, 0.2) is 5.16 Å². The largest absolute Gasteiger partial charge is 0.494 e. The Hall–Kier alpha value is -2.36. The molecule has 1 amide bonds. The Labute approximate surface area is 201 Å². The standard InChI is InChI=1S/C24H29N3O4S2/c1-4-31-17-11-9-16(10-12-17)25-21(28)15(2)32-24-26-22-20(23(29)27(24)13-14-30-3)18-7-5-6-8-19(18)33-22/h9-12,15H,4-8,13-14H2,1-3H3,(H,25,28). The Kier molecular flexibility index (Phi) is 7.72. The lowest BCUT2D eigenvalue weighted by Gasteiger charge is -2.16. The third kappa shape index (κ3) is 5.26. The van der Waals surface area contributed by atoms with Gasteiger partial charge in [-0.1, -0.05) is 11.8 Å².